The van der Waals surface area contributed by atoms with E-state index in [0.29, 0.717) is 18.7 Å². The van der Waals surface area contributed by atoms with Gasteiger partial charge in [-0.1, -0.05) is 12.1 Å². The first-order chi connectivity index (χ1) is 13.1. The van der Waals surface area contributed by atoms with Gasteiger partial charge < -0.3 is 10.0 Å². The smallest absolute Gasteiger partial charge is 0.277 e. The Bertz CT molecular complexity index is 978. The fourth-order valence-corrected chi connectivity index (χ4v) is 3.58. The third kappa shape index (κ3) is 3.13. The number of amides is 1. The summed E-state index contributed by atoms with van der Waals surface area (Å²) < 4.78 is 1.82. The maximum atomic E-state index is 13.3. The standard InChI is InChI=1S/C21H22N4O2/c1-14-11-17(7-9-22-14)19-12-23-25-15(2)13-24(21(27)20(19)25)18-5-3-16(4-6-18)8-10-26/h3-7,9,11-12,15,26H,8,10,13H2,1-2H3/t15-/m0/s1. The lowest BCUT2D eigenvalue weighted by atomic mass is 10.0. The first kappa shape index (κ1) is 17.4. The Labute approximate surface area is 158 Å². The molecule has 0 spiro atoms. The average molecular weight is 362 g/mol. The monoisotopic (exact) mass is 362 g/mol. The molecule has 1 aliphatic rings. The molecule has 0 saturated carbocycles. The van der Waals surface area contributed by atoms with Gasteiger partial charge in [-0.3, -0.25) is 14.5 Å². The maximum absolute atomic E-state index is 13.3. The molecule has 0 saturated heterocycles. The molecular formula is C21H22N4O2. The summed E-state index contributed by atoms with van der Waals surface area (Å²) in [4.78, 5) is 19.4. The van der Waals surface area contributed by atoms with E-state index in [1.54, 1.807) is 12.4 Å². The molecule has 1 atom stereocenters. The van der Waals surface area contributed by atoms with Crippen molar-refractivity contribution in [2.24, 2.45) is 0 Å². The summed E-state index contributed by atoms with van der Waals surface area (Å²) in [6.07, 6.45) is 4.14. The van der Waals surface area contributed by atoms with Crippen molar-refractivity contribution < 1.29 is 9.90 Å². The number of hydrogen-bond donors (Lipinski definition) is 1. The highest BCUT2D eigenvalue weighted by molar-refractivity contribution is 6.09. The molecule has 0 unspecified atom stereocenters. The van der Waals surface area contributed by atoms with Gasteiger partial charge in [0.25, 0.3) is 5.91 Å². The molecule has 0 bridgehead atoms. The molecule has 3 aromatic rings. The van der Waals surface area contributed by atoms with Crippen LogP contribution in [-0.2, 0) is 6.42 Å². The van der Waals surface area contributed by atoms with Crippen LogP contribution in [0.3, 0.4) is 0 Å². The topological polar surface area (TPSA) is 71.2 Å². The summed E-state index contributed by atoms with van der Waals surface area (Å²) in [5, 5.41) is 13.6. The van der Waals surface area contributed by atoms with Gasteiger partial charge in [0, 0.05) is 36.3 Å². The molecule has 0 fully saturated rings. The highest BCUT2D eigenvalue weighted by Gasteiger charge is 2.33. The Hall–Kier alpha value is -2.99. The lowest BCUT2D eigenvalue weighted by molar-refractivity contribution is 0.0954. The van der Waals surface area contributed by atoms with Crippen LogP contribution in [0.4, 0.5) is 5.69 Å². The van der Waals surface area contributed by atoms with Gasteiger partial charge in [0.1, 0.15) is 5.69 Å². The zero-order valence-electron chi connectivity index (χ0n) is 15.5. The number of aryl methyl sites for hydroxylation is 1. The summed E-state index contributed by atoms with van der Waals surface area (Å²) in [5.74, 6) is -0.0510. The Morgan fingerprint density at radius 1 is 1.22 bits per heavy atom. The third-order valence-electron chi connectivity index (χ3n) is 4.96. The number of nitrogens with zero attached hydrogens (tertiary/aromatic N) is 4. The Morgan fingerprint density at radius 3 is 2.70 bits per heavy atom. The van der Waals surface area contributed by atoms with Gasteiger partial charge in [0.05, 0.1) is 12.2 Å². The van der Waals surface area contributed by atoms with Gasteiger partial charge >= 0.3 is 0 Å². The van der Waals surface area contributed by atoms with E-state index in [2.05, 4.69) is 17.0 Å². The summed E-state index contributed by atoms with van der Waals surface area (Å²) in [6, 6.07) is 11.8. The molecule has 6 heteroatoms. The van der Waals surface area contributed by atoms with Crippen LogP contribution in [0.5, 0.6) is 0 Å². The molecule has 0 radical (unpaired) electrons. The van der Waals surface area contributed by atoms with E-state index in [4.69, 9.17) is 5.11 Å². The van der Waals surface area contributed by atoms with Gasteiger partial charge in [-0.05, 0) is 55.7 Å². The van der Waals surface area contributed by atoms with Crippen molar-refractivity contribution in [3.05, 3.63) is 65.7 Å². The summed E-state index contributed by atoms with van der Waals surface area (Å²) in [6.45, 7) is 4.69. The Kier molecular flexibility index (Phi) is 4.49. The number of fused-ring (bicyclic) bond motifs is 1. The maximum Gasteiger partial charge on any atom is 0.277 e. The van der Waals surface area contributed by atoms with Crippen molar-refractivity contribution in [3.8, 4) is 11.1 Å². The van der Waals surface area contributed by atoms with E-state index in [9.17, 15) is 4.79 Å². The number of aliphatic hydroxyl groups is 1. The minimum atomic E-state index is -0.0510. The van der Waals surface area contributed by atoms with Crippen molar-refractivity contribution in [2.75, 3.05) is 18.1 Å². The molecule has 1 aliphatic heterocycles. The molecule has 138 valence electrons. The minimum Gasteiger partial charge on any atom is -0.396 e. The number of hydrogen-bond acceptors (Lipinski definition) is 4. The van der Waals surface area contributed by atoms with Crippen molar-refractivity contribution in [3.63, 3.8) is 0 Å². The predicted molar refractivity (Wildman–Crippen MR) is 104 cm³/mol. The molecule has 27 heavy (non-hydrogen) atoms. The van der Waals surface area contributed by atoms with E-state index in [1.165, 1.54) is 0 Å². The fourth-order valence-electron chi connectivity index (χ4n) is 3.58. The Balaban J connectivity index is 1.73. The van der Waals surface area contributed by atoms with Crippen molar-refractivity contribution >= 4 is 11.6 Å². The third-order valence-corrected chi connectivity index (χ3v) is 4.96. The zero-order chi connectivity index (χ0) is 19.0. The normalized spacial score (nSPS) is 16.5. The predicted octanol–water partition coefficient (Wildman–Crippen LogP) is 3.01. The summed E-state index contributed by atoms with van der Waals surface area (Å²) >= 11 is 0. The quantitative estimate of drug-likeness (QED) is 0.774. The molecule has 1 amide bonds. The lowest BCUT2D eigenvalue weighted by Crippen LogP contribution is -2.42. The van der Waals surface area contributed by atoms with Crippen LogP contribution in [0, 0.1) is 6.92 Å². The van der Waals surface area contributed by atoms with Crippen molar-refractivity contribution in [1.29, 1.82) is 0 Å². The van der Waals surface area contributed by atoms with E-state index in [-0.39, 0.29) is 18.6 Å². The van der Waals surface area contributed by atoms with E-state index in [1.807, 2.05) is 52.9 Å². The van der Waals surface area contributed by atoms with Crippen LogP contribution in [-0.4, -0.2) is 38.9 Å². The lowest BCUT2D eigenvalue weighted by Gasteiger charge is -2.32. The molecule has 0 aliphatic carbocycles. The molecule has 6 nitrogen and oxygen atoms in total. The SMILES string of the molecule is Cc1cc(-c2cnn3c2C(=O)N(c2ccc(CCO)cc2)C[C@@H]3C)ccn1. The molecule has 1 aromatic carbocycles. The fraction of sp³-hybridized carbons (Fsp3) is 0.286. The second-order valence-corrected chi connectivity index (χ2v) is 6.94. The number of aromatic nitrogens is 3. The van der Waals surface area contributed by atoms with E-state index < -0.39 is 0 Å². The number of aliphatic hydroxyl groups excluding tert-OH is 1. The highest BCUT2D eigenvalue weighted by Crippen LogP contribution is 2.32. The minimum absolute atomic E-state index is 0.0510. The van der Waals surface area contributed by atoms with Gasteiger partial charge in [-0.15, -0.1) is 0 Å². The van der Waals surface area contributed by atoms with Crippen LogP contribution >= 0.6 is 0 Å². The van der Waals surface area contributed by atoms with Crippen molar-refractivity contribution in [2.45, 2.75) is 26.3 Å². The molecular weight excluding hydrogens is 340 g/mol. The van der Waals surface area contributed by atoms with Crippen molar-refractivity contribution in [1.82, 2.24) is 14.8 Å². The molecule has 3 heterocycles. The van der Waals surface area contributed by atoms with Crippen LogP contribution in [0.15, 0.2) is 48.8 Å². The molecule has 1 N–H and O–H groups in total. The van der Waals surface area contributed by atoms with Crippen LogP contribution in [0.2, 0.25) is 0 Å². The van der Waals surface area contributed by atoms with Crippen LogP contribution in [0.1, 0.15) is 34.7 Å². The average Bonchev–Trinajstić information content (AvgIpc) is 3.12. The van der Waals surface area contributed by atoms with Gasteiger partial charge in [-0.2, -0.15) is 5.10 Å². The number of rotatable bonds is 4. The van der Waals surface area contributed by atoms with Gasteiger partial charge in [0.15, 0.2) is 0 Å². The Morgan fingerprint density at radius 2 is 2.00 bits per heavy atom. The first-order valence-electron chi connectivity index (χ1n) is 9.10. The second kappa shape index (κ2) is 6.96. The second-order valence-electron chi connectivity index (χ2n) is 6.94. The summed E-state index contributed by atoms with van der Waals surface area (Å²) in [5.41, 5.74) is 5.21. The number of carbonyl (C=O) groups excluding carboxylic acids is 1. The molecule has 4 rings (SSSR count). The number of pyridine rings is 1. The van der Waals surface area contributed by atoms with Crippen LogP contribution in [0.25, 0.3) is 11.1 Å². The number of benzene rings is 1. The van der Waals surface area contributed by atoms with E-state index >= 15 is 0 Å². The van der Waals surface area contributed by atoms with Crippen LogP contribution < -0.4 is 4.90 Å². The zero-order valence-corrected chi connectivity index (χ0v) is 15.5. The first-order valence-corrected chi connectivity index (χ1v) is 9.10. The molecule has 2 aromatic heterocycles. The number of carbonyl (C=O) groups is 1. The van der Waals surface area contributed by atoms with E-state index in [0.717, 1.165) is 28.1 Å². The van der Waals surface area contributed by atoms with Gasteiger partial charge in [-0.25, -0.2) is 0 Å². The largest absolute Gasteiger partial charge is 0.396 e. The summed E-state index contributed by atoms with van der Waals surface area (Å²) in [7, 11) is 0. The highest BCUT2D eigenvalue weighted by atomic mass is 16.3. The van der Waals surface area contributed by atoms with Gasteiger partial charge in [0.2, 0.25) is 0 Å². The number of anilines is 1.